The molecule has 0 saturated carbocycles. The van der Waals surface area contributed by atoms with Crippen molar-refractivity contribution in [3.63, 3.8) is 0 Å². The first kappa shape index (κ1) is 32.2. The molecule has 8 aromatic carbocycles. The third-order valence-corrected chi connectivity index (χ3v) is 11.7. The number of furan rings is 1. The van der Waals surface area contributed by atoms with E-state index in [9.17, 15) is 0 Å². The molecule has 5 heteroatoms. The Hall–Kier alpha value is -7.21. The van der Waals surface area contributed by atoms with Gasteiger partial charge in [-0.3, -0.25) is 0 Å². The van der Waals surface area contributed by atoms with Crippen molar-refractivity contribution < 1.29 is 4.42 Å². The molecule has 262 valence electrons. The summed E-state index contributed by atoms with van der Waals surface area (Å²) in [6.07, 6.45) is 0. The maximum atomic E-state index is 6.60. The zero-order valence-electron chi connectivity index (χ0n) is 30.1. The number of benzene rings is 8. The molecule has 0 saturated heterocycles. The Labute approximate surface area is 327 Å². The topological polar surface area (TPSA) is 51.8 Å². The minimum absolute atomic E-state index is 0.583. The third-order valence-electron chi connectivity index (χ3n) is 10.5. The van der Waals surface area contributed by atoms with Gasteiger partial charge in [0.25, 0.3) is 0 Å². The summed E-state index contributed by atoms with van der Waals surface area (Å²) in [5.41, 5.74) is 11.2. The molecule has 3 heterocycles. The fourth-order valence-corrected chi connectivity index (χ4v) is 8.83. The highest BCUT2D eigenvalue weighted by molar-refractivity contribution is 7.25. The molecule has 0 bridgehead atoms. The predicted molar refractivity (Wildman–Crippen MR) is 233 cm³/mol. The molecule has 0 radical (unpaired) electrons. The maximum absolute atomic E-state index is 6.60. The summed E-state index contributed by atoms with van der Waals surface area (Å²) in [5.74, 6) is 1.81. The highest BCUT2D eigenvalue weighted by atomic mass is 32.1. The van der Waals surface area contributed by atoms with Crippen LogP contribution in [0.1, 0.15) is 0 Å². The van der Waals surface area contributed by atoms with Gasteiger partial charge < -0.3 is 4.42 Å². The lowest BCUT2D eigenvalue weighted by Crippen LogP contribution is -2.00. The van der Waals surface area contributed by atoms with Crippen molar-refractivity contribution in [3.8, 4) is 67.5 Å². The van der Waals surface area contributed by atoms with E-state index in [1.165, 1.54) is 31.3 Å². The second-order valence-electron chi connectivity index (χ2n) is 14.0. The predicted octanol–water partition coefficient (Wildman–Crippen LogP) is 14.1. The molecule has 0 spiro atoms. The molecule has 56 heavy (non-hydrogen) atoms. The number of hydrogen-bond donors (Lipinski definition) is 0. The van der Waals surface area contributed by atoms with Gasteiger partial charge in [0, 0.05) is 47.6 Å². The summed E-state index contributed by atoms with van der Waals surface area (Å²) in [5, 5.41) is 4.64. The summed E-state index contributed by atoms with van der Waals surface area (Å²) >= 11 is 1.83. The quantitative estimate of drug-likeness (QED) is 0.171. The highest BCUT2D eigenvalue weighted by Gasteiger charge is 2.19. The highest BCUT2D eigenvalue weighted by Crippen LogP contribution is 2.43. The summed E-state index contributed by atoms with van der Waals surface area (Å²) in [4.78, 5) is 15.3. The molecule has 0 unspecified atom stereocenters. The van der Waals surface area contributed by atoms with Gasteiger partial charge in [-0.2, -0.15) is 0 Å². The van der Waals surface area contributed by atoms with Gasteiger partial charge in [0.15, 0.2) is 17.5 Å². The van der Waals surface area contributed by atoms with Gasteiger partial charge in [-0.25, -0.2) is 15.0 Å². The van der Waals surface area contributed by atoms with Crippen LogP contribution in [0.4, 0.5) is 0 Å². The van der Waals surface area contributed by atoms with Crippen LogP contribution in [0, 0.1) is 0 Å². The van der Waals surface area contributed by atoms with E-state index in [1.807, 2.05) is 59.9 Å². The van der Waals surface area contributed by atoms with Crippen molar-refractivity contribution in [2.24, 2.45) is 0 Å². The lowest BCUT2D eigenvalue weighted by atomic mass is 9.95. The van der Waals surface area contributed by atoms with Crippen LogP contribution >= 0.6 is 11.3 Å². The molecule has 0 N–H and O–H groups in total. The van der Waals surface area contributed by atoms with Gasteiger partial charge in [-0.05, 0) is 75.8 Å². The van der Waals surface area contributed by atoms with Crippen molar-refractivity contribution >= 4 is 53.4 Å². The first-order chi connectivity index (χ1) is 27.7. The van der Waals surface area contributed by atoms with Crippen LogP contribution < -0.4 is 0 Å². The molecule has 11 rings (SSSR count). The maximum Gasteiger partial charge on any atom is 0.164 e. The molecule has 0 aliphatic heterocycles. The van der Waals surface area contributed by atoms with Crippen LogP contribution in [-0.2, 0) is 0 Å². The fraction of sp³-hybridized carbons (Fsp3) is 0. The lowest BCUT2D eigenvalue weighted by Gasteiger charge is -2.11. The van der Waals surface area contributed by atoms with Gasteiger partial charge >= 0.3 is 0 Å². The molecular weight excluding hydrogens is 703 g/mol. The average Bonchev–Trinajstić information content (AvgIpc) is 3.84. The first-order valence-electron chi connectivity index (χ1n) is 18.7. The minimum Gasteiger partial charge on any atom is -0.456 e. The van der Waals surface area contributed by atoms with Gasteiger partial charge in [0.05, 0.1) is 0 Å². The van der Waals surface area contributed by atoms with Crippen LogP contribution in [0.15, 0.2) is 192 Å². The van der Waals surface area contributed by atoms with Crippen LogP contribution in [0.5, 0.6) is 0 Å². The molecule has 0 atom stereocenters. The van der Waals surface area contributed by atoms with E-state index >= 15 is 0 Å². The molecule has 0 fully saturated rings. The van der Waals surface area contributed by atoms with Gasteiger partial charge in [-0.1, -0.05) is 146 Å². The van der Waals surface area contributed by atoms with Gasteiger partial charge in [0.2, 0.25) is 0 Å². The third kappa shape index (κ3) is 5.65. The Balaban J connectivity index is 1.11. The summed E-state index contributed by atoms with van der Waals surface area (Å²) in [6.45, 7) is 0. The van der Waals surface area contributed by atoms with Crippen LogP contribution in [0.3, 0.4) is 0 Å². The molecule has 11 aromatic rings. The number of fused-ring (bicyclic) bond motifs is 6. The lowest BCUT2D eigenvalue weighted by molar-refractivity contribution is 0.669. The average molecular weight is 734 g/mol. The Morgan fingerprint density at radius 3 is 1.45 bits per heavy atom. The minimum atomic E-state index is 0.583. The molecule has 4 nitrogen and oxygen atoms in total. The molecule has 0 aliphatic carbocycles. The standard InChI is InChI=1S/C51H31N3OS/c1-4-12-32(13-5-1)34-20-22-36(23-21-34)50-52-49(35-16-8-3-9-17-35)53-51(54-50)39-30-41(48-40-18-10-11-19-44(40)55-45(48)31-39)38-25-27-47-43(29-38)42-28-37(24-26-46(42)56-47)33-14-6-2-7-15-33/h1-31H. The second kappa shape index (κ2) is 13.3. The number of hydrogen-bond acceptors (Lipinski definition) is 5. The SMILES string of the molecule is c1ccc(-c2ccc(-c3nc(-c4ccccc4)nc(-c4cc(-c5ccc6sc7ccc(-c8ccccc8)cc7c6c5)c5c(c4)oc4ccccc45)n3)cc2)cc1. The number of para-hydroxylation sites is 1. The molecule has 3 aromatic heterocycles. The van der Waals surface area contributed by atoms with E-state index in [0.29, 0.717) is 17.5 Å². The zero-order chi connectivity index (χ0) is 37.0. The van der Waals surface area contributed by atoms with Crippen LogP contribution in [0.2, 0.25) is 0 Å². The van der Waals surface area contributed by atoms with Crippen LogP contribution in [-0.4, -0.2) is 15.0 Å². The van der Waals surface area contributed by atoms with E-state index in [4.69, 9.17) is 19.4 Å². The Kier molecular flexibility index (Phi) is 7.64. The largest absolute Gasteiger partial charge is 0.456 e. The van der Waals surface area contributed by atoms with E-state index in [1.54, 1.807) is 0 Å². The smallest absolute Gasteiger partial charge is 0.164 e. The molecular formula is C51H31N3OS. The van der Waals surface area contributed by atoms with Crippen LogP contribution in [0.25, 0.3) is 110 Å². The Morgan fingerprint density at radius 2 is 0.786 bits per heavy atom. The second-order valence-corrected chi connectivity index (χ2v) is 15.1. The summed E-state index contributed by atoms with van der Waals surface area (Å²) < 4.78 is 9.13. The van der Waals surface area contributed by atoms with E-state index < -0.39 is 0 Å². The van der Waals surface area contributed by atoms with E-state index in [-0.39, 0.29) is 0 Å². The van der Waals surface area contributed by atoms with Gasteiger partial charge in [0.1, 0.15) is 11.2 Å². The van der Waals surface area contributed by atoms with Gasteiger partial charge in [-0.15, -0.1) is 11.3 Å². The number of thiophene rings is 1. The van der Waals surface area contributed by atoms with Crippen molar-refractivity contribution in [1.29, 1.82) is 0 Å². The summed E-state index contributed by atoms with van der Waals surface area (Å²) in [7, 11) is 0. The Bertz CT molecular complexity index is 3230. The van der Waals surface area contributed by atoms with Crippen molar-refractivity contribution in [1.82, 2.24) is 15.0 Å². The summed E-state index contributed by atoms with van der Waals surface area (Å²) in [6, 6.07) is 65.7. The van der Waals surface area contributed by atoms with Crippen molar-refractivity contribution in [2.45, 2.75) is 0 Å². The van der Waals surface area contributed by atoms with Crippen molar-refractivity contribution in [3.05, 3.63) is 188 Å². The number of rotatable bonds is 6. The number of aromatic nitrogens is 3. The fourth-order valence-electron chi connectivity index (χ4n) is 7.76. The normalized spacial score (nSPS) is 11.6. The molecule has 0 aliphatic rings. The van der Waals surface area contributed by atoms with E-state index in [0.717, 1.165) is 60.9 Å². The number of nitrogens with zero attached hydrogens (tertiary/aromatic N) is 3. The molecule has 0 amide bonds. The Morgan fingerprint density at radius 1 is 0.321 bits per heavy atom. The van der Waals surface area contributed by atoms with Crippen molar-refractivity contribution in [2.75, 3.05) is 0 Å². The zero-order valence-corrected chi connectivity index (χ0v) is 30.9. The first-order valence-corrected chi connectivity index (χ1v) is 19.5. The van der Waals surface area contributed by atoms with E-state index in [2.05, 4.69) is 140 Å². The monoisotopic (exact) mass is 733 g/mol.